The predicted molar refractivity (Wildman–Crippen MR) is 77.5 cm³/mol. The molecular weight excluding hydrogens is 274 g/mol. The maximum atomic E-state index is 12.1. The van der Waals surface area contributed by atoms with E-state index < -0.39 is 0 Å². The molecule has 1 N–H and O–H groups in total. The standard InChI is InChI=1S/C15H15NO3S/c1-9-5-12(10(2)20-9)15(17)16-7-11-3-4-13-14(6-11)19-8-18-13/h3-6H,7-8H2,1-2H3,(H,16,17). The van der Waals surface area contributed by atoms with Crippen LogP contribution in [0.25, 0.3) is 0 Å². The molecule has 0 saturated heterocycles. The van der Waals surface area contributed by atoms with Crippen LogP contribution in [0.1, 0.15) is 25.7 Å². The van der Waals surface area contributed by atoms with Crippen LogP contribution in [0.3, 0.4) is 0 Å². The molecule has 1 amide bonds. The summed E-state index contributed by atoms with van der Waals surface area (Å²) < 4.78 is 10.6. The molecule has 0 fully saturated rings. The van der Waals surface area contributed by atoms with Crippen LogP contribution in [0, 0.1) is 13.8 Å². The number of amides is 1. The molecule has 0 aliphatic carbocycles. The van der Waals surface area contributed by atoms with Crippen LogP contribution in [0.2, 0.25) is 0 Å². The van der Waals surface area contributed by atoms with E-state index in [4.69, 9.17) is 9.47 Å². The van der Waals surface area contributed by atoms with Crippen molar-refractivity contribution in [1.29, 1.82) is 0 Å². The zero-order valence-corrected chi connectivity index (χ0v) is 12.2. The first-order chi connectivity index (χ1) is 9.63. The van der Waals surface area contributed by atoms with Crippen molar-refractivity contribution in [2.24, 2.45) is 0 Å². The van der Waals surface area contributed by atoms with E-state index in [0.29, 0.717) is 6.54 Å². The SMILES string of the molecule is Cc1cc(C(=O)NCc2ccc3c(c2)OCO3)c(C)s1. The molecule has 1 aliphatic rings. The van der Waals surface area contributed by atoms with Crippen LogP contribution < -0.4 is 14.8 Å². The number of ether oxygens (including phenoxy) is 2. The van der Waals surface area contributed by atoms with Gasteiger partial charge in [0.05, 0.1) is 5.56 Å². The highest BCUT2D eigenvalue weighted by Gasteiger charge is 2.14. The van der Waals surface area contributed by atoms with Crippen molar-refractivity contribution in [3.63, 3.8) is 0 Å². The van der Waals surface area contributed by atoms with Crippen LogP contribution in [0.5, 0.6) is 11.5 Å². The molecule has 5 heteroatoms. The Kier molecular flexibility index (Phi) is 3.36. The molecule has 0 spiro atoms. The third-order valence-corrected chi connectivity index (χ3v) is 4.14. The highest BCUT2D eigenvalue weighted by atomic mass is 32.1. The summed E-state index contributed by atoms with van der Waals surface area (Å²) in [5.74, 6) is 1.45. The van der Waals surface area contributed by atoms with E-state index in [2.05, 4.69) is 5.32 Å². The minimum Gasteiger partial charge on any atom is -0.454 e. The van der Waals surface area contributed by atoms with Crippen LogP contribution in [0.15, 0.2) is 24.3 Å². The maximum Gasteiger partial charge on any atom is 0.252 e. The van der Waals surface area contributed by atoms with Gasteiger partial charge in [-0.3, -0.25) is 4.79 Å². The van der Waals surface area contributed by atoms with Crippen molar-refractivity contribution in [2.45, 2.75) is 20.4 Å². The topological polar surface area (TPSA) is 47.6 Å². The van der Waals surface area contributed by atoms with Crippen LogP contribution >= 0.6 is 11.3 Å². The van der Waals surface area contributed by atoms with E-state index >= 15 is 0 Å². The van der Waals surface area contributed by atoms with Crippen LogP contribution in [0.4, 0.5) is 0 Å². The second-order valence-electron chi connectivity index (χ2n) is 4.70. The van der Waals surface area contributed by atoms with Gasteiger partial charge in [0, 0.05) is 16.3 Å². The molecule has 0 bridgehead atoms. The first kappa shape index (κ1) is 13.0. The Morgan fingerprint density at radius 2 is 2.05 bits per heavy atom. The van der Waals surface area contributed by atoms with Crippen molar-refractivity contribution in [3.05, 3.63) is 45.1 Å². The second kappa shape index (κ2) is 5.17. The Labute approximate surface area is 121 Å². The lowest BCUT2D eigenvalue weighted by atomic mass is 10.2. The molecule has 1 aromatic heterocycles. The third kappa shape index (κ3) is 2.49. The number of hydrogen-bond acceptors (Lipinski definition) is 4. The molecule has 0 unspecified atom stereocenters. The fourth-order valence-corrected chi connectivity index (χ4v) is 3.11. The first-order valence-corrected chi connectivity index (χ1v) is 7.19. The molecule has 0 atom stereocenters. The Morgan fingerprint density at radius 3 is 2.80 bits per heavy atom. The summed E-state index contributed by atoms with van der Waals surface area (Å²) in [7, 11) is 0. The van der Waals surface area contributed by atoms with Crippen molar-refractivity contribution in [1.82, 2.24) is 5.32 Å². The van der Waals surface area contributed by atoms with Gasteiger partial charge in [-0.2, -0.15) is 0 Å². The number of fused-ring (bicyclic) bond motifs is 1. The molecule has 20 heavy (non-hydrogen) atoms. The monoisotopic (exact) mass is 289 g/mol. The largest absolute Gasteiger partial charge is 0.454 e. The van der Waals surface area contributed by atoms with Crippen molar-refractivity contribution < 1.29 is 14.3 Å². The van der Waals surface area contributed by atoms with Gasteiger partial charge in [-0.25, -0.2) is 0 Å². The van der Waals surface area contributed by atoms with Gasteiger partial charge in [-0.05, 0) is 37.6 Å². The number of thiophene rings is 1. The number of benzene rings is 1. The maximum absolute atomic E-state index is 12.1. The van der Waals surface area contributed by atoms with Crippen molar-refractivity contribution >= 4 is 17.2 Å². The lowest BCUT2D eigenvalue weighted by molar-refractivity contribution is 0.0950. The molecule has 3 rings (SSSR count). The van der Waals surface area contributed by atoms with Gasteiger partial charge < -0.3 is 14.8 Å². The van der Waals surface area contributed by atoms with E-state index in [1.165, 1.54) is 0 Å². The number of carbonyl (C=O) groups excluding carboxylic acids is 1. The zero-order valence-electron chi connectivity index (χ0n) is 11.4. The Balaban J connectivity index is 1.67. The van der Waals surface area contributed by atoms with Crippen LogP contribution in [-0.4, -0.2) is 12.7 Å². The van der Waals surface area contributed by atoms with Gasteiger partial charge >= 0.3 is 0 Å². The summed E-state index contributed by atoms with van der Waals surface area (Å²) in [5.41, 5.74) is 1.75. The number of nitrogens with one attached hydrogen (secondary N) is 1. The molecule has 1 aromatic carbocycles. The van der Waals surface area contributed by atoms with Gasteiger partial charge in [0.2, 0.25) is 6.79 Å². The molecule has 0 radical (unpaired) electrons. The van der Waals surface area contributed by atoms with E-state index in [1.807, 2.05) is 38.1 Å². The van der Waals surface area contributed by atoms with Gasteiger partial charge in [-0.15, -0.1) is 11.3 Å². The zero-order chi connectivity index (χ0) is 14.1. The lowest BCUT2D eigenvalue weighted by Crippen LogP contribution is -2.22. The summed E-state index contributed by atoms with van der Waals surface area (Å²) in [6.45, 7) is 4.71. The number of carbonyl (C=O) groups is 1. The first-order valence-electron chi connectivity index (χ1n) is 6.37. The van der Waals surface area contributed by atoms with Gasteiger partial charge in [0.1, 0.15) is 0 Å². The smallest absolute Gasteiger partial charge is 0.252 e. The Hall–Kier alpha value is -2.01. The van der Waals surface area contributed by atoms with E-state index in [-0.39, 0.29) is 12.7 Å². The number of rotatable bonds is 3. The van der Waals surface area contributed by atoms with E-state index in [0.717, 1.165) is 32.4 Å². The third-order valence-electron chi connectivity index (χ3n) is 3.18. The molecule has 104 valence electrons. The highest BCUT2D eigenvalue weighted by Crippen LogP contribution is 2.32. The highest BCUT2D eigenvalue weighted by molar-refractivity contribution is 7.12. The summed E-state index contributed by atoms with van der Waals surface area (Å²) in [5, 5.41) is 2.93. The van der Waals surface area contributed by atoms with Gasteiger partial charge in [0.15, 0.2) is 11.5 Å². The molecular formula is C15H15NO3S. The van der Waals surface area contributed by atoms with Gasteiger partial charge in [0.25, 0.3) is 5.91 Å². The normalized spacial score (nSPS) is 12.5. The van der Waals surface area contributed by atoms with Crippen LogP contribution in [-0.2, 0) is 6.54 Å². The second-order valence-corrected chi connectivity index (χ2v) is 6.16. The fraction of sp³-hybridized carbons (Fsp3) is 0.267. The molecule has 1 aliphatic heterocycles. The lowest BCUT2D eigenvalue weighted by Gasteiger charge is -2.06. The number of hydrogen-bond donors (Lipinski definition) is 1. The number of aryl methyl sites for hydroxylation is 2. The van der Waals surface area contributed by atoms with Crippen molar-refractivity contribution in [3.8, 4) is 11.5 Å². The summed E-state index contributed by atoms with van der Waals surface area (Å²) in [4.78, 5) is 14.3. The average molecular weight is 289 g/mol. The molecule has 2 heterocycles. The minimum absolute atomic E-state index is 0.0375. The van der Waals surface area contributed by atoms with E-state index in [1.54, 1.807) is 11.3 Å². The van der Waals surface area contributed by atoms with E-state index in [9.17, 15) is 4.79 Å². The molecule has 2 aromatic rings. The fourth-order valence-electron chi connectivity index (χ4n) is 2.18. The summed E-state index contributed by atoms with van der Waals surface area (Å²) in [6.07, 6.45) is 0. The average Bonchev–Trinajstić information content (AvgIpc) is 3.01. The summed E-state index contributed by atoms with van der Waals surface area (Å²) >= 11 is 1.64. The molecule has 4 nitrogen and oxygen atoms in total. The van der Waals surface area contributed by atoms with Gasteiger partial charge in [-0.1, -0.05) is 6.07 Å². The predicted octanol–water partition coefficient (Wildman–Crippen LogP) is 3.02. The quantitative estimate of drug-likeness (QED) is 0.945. The van der Waals surface area contributed by atoms with Crippen molar-refractivity contribution in [2.75, 3.05) is 6.79 Å². The molecule has 0 saturated carbocycles. The Morgan fingerprint density at radius 1 is 1.25 bits per heavy atom. The minimum atomic E-state index is -0.0375. The summed E-state index contributed by atoms with van der Waals surface area (Å²) in [6, 6.07) is 7.62. The Bertz CT molecular complexity index is 663.